The second kappa shape index (κ2) is 6.88. The molecular formula is C13H17BrN2O3. The third-order valence-electron chi connectivity index (χ3n) is 3.00. The summed E-state index contributed by atoms with van der Waals surface area (Å²) in [7, 11) is 0. The molecule has 1 heterocycles. The lowest BCUT2D eigenvalue weighted by molar-refractivity contribution is -0.123. The molecule has 0 bridgehead atoms. The van der Waals surface area contributed by atoms with Gasteiger partial charge >= 0.3 is 0 Å². The zero-order valence-electron chi connectivity index (χ0n) is 10.5. The van der Waals surface area contributed by atoms with Crippen molar-refractivity contribution in [3.05, 3.63) is 22.7 Å². The quantitative estimate of drug-likeness (QED) is 0.738. The number of carbonyl (C=O) groups excluding carboxylic acids is 1. The fraction of sp³-hybridized carbons (Fsp3) is 0.462. The second-order valence-corrected chi connectivity index (χ2v) is 5.30. The summed E-state index contributed by atoms with van der Waals surface area (Å²) < 4.78 is 6.09. The maximum atomic E-state index is 11.7. The summed E-state index contributed by atoms with van der Waals surface area (Å²) in [5, 5.41) is 15.6. The lowest BCUT2D eigenvalue weighted by Crippen LogP contribution is -2.34. The minimum absolute atomic E-state index is 0.0105. The molecule has 19 heavy (non-hydrogen) atoms. The Morgan fingerprint density at radius 2 is 2.21 bits per heavy atom. The number of para-hydroxylation sites is 1. The van der Waals surface area contributed by atoms with Crippen molar-refractivity contribution < 1.29 is 14.6 Å². The summed E-state index contributed by atoms with van der Waals surface area (Å²) in [4.78, 5) is 11.7. The van der Waals surface area contributed by atoms with Gasteiger partial charge in [0.05, 0.1) is 16.3 Å². The first-order valence-electron chi connectivity index (χ1n) is 6.26. The highest BCUT2D eigenvalue weighted by molar-refractivity contribution is 9.10. The van der Waals surface area contributed by atoms with E-state index in [0.29, 0.717) is 10.2 Å². The van der Waals surface area contributed by atoms with Crippen LogP contribution in [0.4, 0.5) is 5.69 Å². The molecule has 1 aromatic carbocycles. The number of hydrogen-bond acceptors (Lipinski definition) is 4. The van der Waals surface area contributed by atoms with E-state index in [9.17, 15) is 9.90 Å². The summed E-state index contributed by atoms with van der Waals surface area (Å²) in [6.45, 7) is 1.87. The molecule has 0 radical (unpaired) electrons. The zero-order chi connectivity index (χ0) is 13.7. The molecule has 3 N–H and O–H groups in total. The Hall–Kier alpha value is -1.11. The molecule has 5 nitrogen and oxygen atoms in total. The highest BCUT2D eigenvalue weighted by atomic mass is 79.9. The van der Waals surface area contributed by atoms with Crippen LogP contribution in [0.2, 0.25) is 0 Å². The molecule has 0 atom stereocenters. The molecule has 1 amide bonds. The second-order valence-electron chi connectivity index (χ2n) is 4.44. The van der Waals surface area contributed by atoms with E-state index in [1.54, 1.807) is 18.2 Å². The van der Waals surface area contributed by atoms with Gasteiger partial charge in [-0.05, 0) is 54.0 Å². The Morgan fingerprint density at radius 1 is 1.47 bits per heavy atom. The molecule has 0 spiro atoms. The first-order valence-corrected chi connectivity index (χ1v) is 7.06. The van der Waals surface area contributed by atoms with Crippen molar-refractivity contribution >= 4 is 27.5 Å². The predicted octanol–water partition coefficient (Wildman–Crippen LogP) is 1.86. The maximum absolute atomic E-state index is 11.7. The van der Waals surface area contributed by atoms with Crippen LogP contribution < -0.4 is 10.6 Å². The lowest BCUT2D eigenvalue weighted by Gasteiger charge is -2.22. The first kappa shape index (κ1) is 14.3. The molecular weight excluding hydrogens is 312 g/mol. The van der Waals surface area contributed by atoms with Crippen LogP contribution >= 0.6 is 15.9 Å². The van der Waals surface area contributed by atoms with Crippen molar-refractivity contribution in [1.29, 1.82) is 0 Å². The molecule has 104 valence electrons. The summed E-state index contributed by atoms with van der Waals surface area (Å²) in [6, 6.07) is 5.09. The van der Waals surface area contributed by atoms with Crippen LogP contribution in [0.1, 0.15) is 12.8 Å². The summed E-state index contributed by atoms with van der Waals surface area (Å²) in [6.07, 6.45) is 1.99. The number of rotatable bonds is 4. The number of phenolic OH excluding ortho intramolecular Hbond substituents is 1. The molecule has 6 heteroatoms. The van der Waals surface area contributed by atoms with Gasteiger partial charge in [0.1, 0.15) is 6.61 Å². The minimum atomic E-state index is -0.257. The number of carbonyl (C=O) groups is 1. The van der Waals surface area contributed by atoms with Gasteiger partial charge in [0.2, 0.25) is 5.91 Å². The topological polar surface area (TPSA) is 70.6 Å². The Bertz CT molecular complexity index is 448. The number of halogens is 1. The Labute approximate surface area is 120 Å². The number of anilines is 1. The van der Waals surface area contributed by atoms with E-state index in [1.165, 1.54) is 0 Å². The van der Waals surface area contributed by atoms with Gasteiger partial charge in [0.15, 0.2) is 5.75 Å². The number of ether oxygens (including phenoxy) is 1. The molecule has 1 saturated heterocycles. The van der Waals surface area contributed by atoms with Gasteiger partial charge in [-0.25, -0.2) is 0 Å². The highest BCUT2D eigenvalue weighted by Crippen LogP contribution is 2.31. The normalized spacial score (nSPS) is 16.3. The molecule has 0 saturated carbocycles. The van der Waals surface area contributed by atoms with Gasteiger partial charge in [-0.1, -0.05) is 6.07 Å². The van der Waals surface area contributed by atoms with Gasteiger partial charge in [-0.3, -0.25) is 4.79 Å². The van der Waals surface area contributed by atoms with Crippen LogP contribution in [0.3, 0.4) is 0 Å². The summed E-state index contributed by atoms with van der Waals surface area (Å²) >= 11 is 3.20. The molecule has 2 rings (SSSR count). The van der Waals surface area contributed by atoms with Gasteiger partial charge < -0.3 is 20.5 Å². The number of benzene rings is 1. The van der Waals surface area contributed by atoms with Crippen molar-refractivity contribution in [2.45, 2.75) is 18.9 Å². The Balaban J connectivity index is 1.82. The molecule has 1 aromatic rings. The number of amides is 1. The van der Waals surface area contributed by atoms with Crippen molar-refractivity contribution in [1.82, 2.24) is 5.32 Å². The average molecular weight is 329 g/mol. The SMILES string of the molecule is O=C(COC1CCNCC1)Nc1cccc(Br)c1O. The van der Waals surface area contributed by atoms with Crippen molar-refractivity contribution in [3.63, 3.8) is 0 Å². The van der Waals surface area contributed by atoms with E-state index in [1.807, 2.05) is 0 Å². The summed E-state index contributed by atoms with van der Waals surface area (Å²) in [5.74, 6) is -0.232. The van der Waals surface area contributed by atoms with E-state index < -0.39 is 0 Å². The largest absolute Gasteiger partial charge is 0.505 e. The van der Waals surface area contributed by atoms with Crippen LogP contribution in [-0.4, -0.2) is 36.8 Å². The lowest BCUT2D eigenvalue weighted by atomic mass is 10.1. The molecule has 1 aliphatic rings. The fourth-order valence-corrected chi connectivity index (χ4v) is 2.32. The highest BCUT2D eigenvalue weighted by Gasteiger charge is 2.15. The minimum Gasteiger partial charge on any atom is -0.505 e. The van der Waals surface area contributed by atoms with Crippen LogP contribution in [0, 0.1) is 0 Å². The number of piperidine rings is 1. The number of phenols is 1. The molecule has 1 aliphatic heterocycles. The third kappa shape index (κ3) is 4.19. The van der Waals surface area contributed by atoms with E-state index >= 15 is 0 Å². The van der Waals surface area contributed by atoms with Crippen LogP contribution in [-0.2, 0) is 9.53 Å². The Kier molecular flexibility index (Phi) is 5.18. The monoisotopic (exact) mass is 328 g/mol. The Morgan fingerprint density at radius 3 is 2.95 bits per heavy atom. The van der Waals surface area contributed by atoms with Crippen molar-refractivity contribution in [2.24, 2.45) is 0 Å². The smallest absolute Gasteiger partial charge is 0.250 e. The number of hydrogen-bond donors (Lipinski definition) is 3. The van der Waals surface area contributed by atoms with Crippen molar-refractivity contribution in [2.75, 3.05) is 25.0 Å². The van der Waals surface area contributed by atoms with E-state index in [2.05, 4.69) is 26.6 Å². The van der Waals surface area contributed by atoms with E-state index in [-0.39, 0.29) is 24.4 Å². The third-order valence-corrected chi connectivity index (χ3v) is 3.64. The molecule has 0 unspecified atom stereocenters. The summed E-state index contributed by atoms with van der Waals surface area (Å²) in [5.41, 5.74) is 0.383. The predicted molar refractivity (Wildman–Crippen MR) is 76.3 cm³/mol. The van der Waals surface area contributed by atoms with E-state index in [0.717, 1.165) is 25.9 Å². The molecule has 0 aliphatic carbocycles. The standard InChI is InChI=1S/C13H17BrN2O3/c14-10-2-1-3-11(13(10)18)16-12(17)8-19-9-4-6-15-7-5-9/h1-3,9,15,18H,4-8H2,(H,16,17). The van der Waals surface area contributed by atoms with Gasteiger partial charge in [-0.2, -0.15) is 0 Å². The first-order chi connectivity index (χ1) is 9.16. The fourth-order valence-electron chi connectivity index (χ4n) is 1.96. The zero-order valence-corrected chi connectivity index (χ0v) is 12.1. The van der Waals surface area contributed by atoms with Crippen LogP contribution in [0.15, 0.2) is 22.7 Å². The van der Waals surface area contributed by atoms with Crippen LogP contribution in [0.25, 0.3) is 0 Å². The van der Waals surface area contributed by atoms with Crippen molar-refractivity contribution in [3.8, 4) is 5.75 Å². The van der Waals surface area contributed by atoms with E-state index in [4.69, 9.17) is 4.74 Å². The molecule has 0 aromatic heterocycles. The van der Waals surface area contributed by atoms with Crippen LogP contribution in [0.5, 0.6) is 5.75 Å². The molecule has 1 fully saturated rings. The number of aromatic hydroxyl groups is 1. The van der Waals surface area contributed by atoms with Gasteiger partial charge in [0.25, 0.3) is 0 Å². The number of nitrogens with one attached hydrogen (secondary N) is 2. The maximum Gasteiger partial charge on any atom is 0.250 e. The van der Waals surface area contributed by atoms with Gasteiger partial charge in [0, 0.05) is 0 Å². The average Bonchev–Trinajstić information content (AvgIpc) is 2.43. The van der Waals surface area contributed by atoms with Gasteiger partial charge in [-0.15, -0.1) is 0 Å².